The number of halogens is 1. The van der Waals surface area contributed by atoms with Crippen LogP contribution in [0.5, 0.6) is 23.0 Å². The van der Waals surface area contributed by atoms with Gasteiger partial charge in [-0.05, 0) is 29.8 Å². The molecule has 0 saturated carbocycles. The molecular weight excluding hydrogens is 400 g/mol. The molecule has 1 amide bonds. The van der Waals surface area contributed by atoms with Crippen LogP contribution in [0, 0.1) is 0 Å². The first-order valence-electron chi connectivity index (χ1n) is 8.56. The van der Waals surface area contributed by atoms with Crippen LogP contribution < -0.4 is 24.3 Å². The van der Waals surface area contributed by atoms with E-state index in [0.717, 1.165) is 5.56 Å². The molecule has 0 spiro atoms. The number of amides is 1. The fourth-order valence-electron chi connectivity index (χ4n) is 2.45. The van der Waals surface area contributed by atoms with Gasteiger partial charge in [0, 0.05) is 12.1 Å². The summed E-state index contributed by atoms with van der Waals surface area (Å²) in [6, 6.07) is 8.73. The van der Waals surface area contributed by atoms with Gasteiger partial charge in [0.1, 0.15) is 0 Å². The lowest BCUT2D eigenvalue weighted by atomic mass is 10.2. The first-order valence-corrected chi connectivity index (χ1v) is 8.94. The van der Waals surface area contributed by atoms with Gasteiger partial charge in [0.15, 0.2) is 29.6 Å². The number of ether oxygens (including phenoxy) is 4. The summed E-state index contributed by atoms with van der Waals surface area (Å²) in [7, 11) is 6.13. The summed E-state index contributed by atoms with van der Waals surface area (Å²) in [5, 5.41) is 6.89. The summed E-state index contributed by atoms with van der Waals surface area (Å²) in [4.78, 5) is 17.0. The second kappa shape index (κ2) is 11.0. The van der Waals surface area contributed by atoms with E-state index in [0.29, 0.717) is 40.1 Å². The highest BCUT2D eigenvalue weighted by Gasteiger charge is 2.10. The van der Waals surface area contributed by atoms with Crippen molar-refractivity contribution >= 4 is 23.7 Å². The molecule has 0 bridgehead atoms. The highest BCUT2D eigenvalue weighted by molar-refractivity contribution is 6.32. The maximum atomic E-state index is 11.9. The van der Waals surface area contributed by atoms with Crippen LogP contribution in [-0.2, 0) is 16.2 Å². The molecule has 0 heterocycles. The normalized spacial score (nSPS) is 10.5. The molecule has 1 N–H and O–H groups in total. The molecule has 0 unspecified atom stereocenters. The minimum absolute atomic E-state index is 0.231. The van der Waals surface area contributed by atoms with Gasteiger partial charge in [-0.25, -0.2) is 0 Å². The van der Waals surface area contributed by atoms with Crippen LogP contribution in [-0.4, -0.2) is 47.2 Å². The van der Waals surface area contributed by atoms with Crippen molar-refractivity contribution in [3.8, 4) is 23.0 Å². The highest BCUT2D eigenvalue weighted by atomic mass is 35.5. The monoisotopic (exact) mass is 422 g/mol. The molecule has 0 aliphatic rings. The number of nitrogens with one attached hydrogen (secondary N) is 1. The first-order chi connectivity index (χ1) is 14.0. The zero-order valence-electron chi connectivity index (χ0n) is 16.7. The van der Waals surface area contributed by atoms with Gasteiger partial charge in [-0.2, -0.15) is 0 Å². The summed E-state index contributed by atoms with van der Waals surface area (Å²) in [6.07, 6.45) is 1.43. The molecule has 8 nitrogen and oxygen atoms in total. The zero-order chi connectivity index (χ0) is 21.2. The number of nitrogens with zero attached hydrogens (tertiary/aromatic N) is 1. The Balaban J connectivity index is 1.85. The standard InChI is InChI=1S/C20H23ClN2O6/c1-25-16-6-5-13(8-17(16)26-2)10-22-19(24)12-29-23-11-14-7-15(21)20(28-4)18(9-14)27-3/h5-9,11H,10,12H2,1-4H3,(H,22,24)/b23-11+. The van der Waals surface area contributed by atoms with Crippen molar-refractivity contribution in [1.29, 1.82) is 0 Å². The molecule has 0 aliphatic carbocycles. The Hall–Kier alpha value is -3.13. The third-order valence-electron chi connectivity index (χ3n) is 3.87. The fourth-order valence-corrected chi connectivity index (χ4v) is 2.74. The smallest absolute Gasteiger partial charge is 0.261 e. The average Bonchev–Trinajstić information content (AvgIpc) is 2.74. The molecule has 0 aliphatic heterocycles. The summed E-state index contributed by atoms with van der Waals surface area (Å²) in [6.45, 7) is 0.0857. The number of hydrogen-bond acceptors (Lipinski definition) is 7. The van der Waals surface area contributed by atoms with Crippen LogP contribution in [0.15, 0.2) is 35.5 Å². The summed E-state index contributed by atoms with van der Waals surface area (Å²) >= 11 is 6.13. The van der Waals surface area contributed by atoms with Gasteiger partial charge in [-0.1, -0.05) is 22.8 Å². The maximum absolute atomic E-state index is 11.9. The summed E-state index contributed by atoms with van der Waals surface area (Å²) in [5.41, 5.74) is 1.50. The van der Waals surface area contributed by atoms with Crippen LogP contribution >= 0.6 is 11.6 Å². The second-order valence-electron chi connectivity index (χ2n) is 5.71. The highest BCUT2D eigenvalue weighted by Crippen LogP contribution is 2.35. The van der Waals surface area contributed by atoms with Gasteiger partial charge in [-0.3, -0.25) is 4.79 Å². The fraction of sp³-hybridized carbons (Fsp3) is 0.300. The Morgan fingerprint density at radius 1 is 1.00 bits per heavy atom. The van der Waals surface area contributed by atoms with E-state index in [-0.39, 0.29) is 12.5 Å². The minimum atomic E-state index is -0.317. The number of methoxy groups -OCH3 is 4. The molecule has 2 aromatic rings. The largest absolute Gasteiger partial charge is 0.493 e. The van der Waals surface area contributed by atoms with Crippen molar-refractivity contribution < 1.29 is 28.6 Å². The van der Waals surface area contributed by atoms with Gasteiger partial charge in [0.05, 0.1) is 39.7 Å². The third-order valence-corrected chi connectivity index (χ3v) is 4.15. The van der Waals surface area contributed by atoms with E-state index in [1.165, 1.54) is 20.4 Å². The van der Waals surface area contributed by atoms with Gasteiger partial charge in [0.25, 0.3) is 5.91 Å². The molecule has 0 fully saturated rings. The van der Waals surface area contributed by atoms with Gasteiger partial charge < -0.3 is 29.1 Å². The predicted octanol–water partition coefficient (Wildman–Crippen LogP) is 3.04. The van der Waals surface area contributed by atoms with Crippen molar-refractivity contribution in [3.63, 3.8) is 0 Å². The molecule has 29 heavy (non-hydrogen) atoms. The number of benzene rings is 2. The van der Waals surface area contributed by atoms with Crippen LogP contribution in [0.3, 0.4) is 0 Å². The van der Waals surface area contributed by atoms with Crippen molar-refractivity contribution in [2.24, 2.45) is 5.16 Å². The molecule has 0 radical (unpaired) electrons. The Labute approximate surface area is 174 Å². The van der Waals surface area contributed by atoms with Crippen molar-refractivity contribution in [3.05, 3.63) is 46.5 Å². The lowest BCUT2D eigenvalue weighted by Gasteiger charge is -2.10. The predicted molar refractivity (Wildman–Crippen MR) is 109 cm³/mol. The second-order valence-corrected chi connectivity index (χ2v) is 6.12. The molecule has 2 aromatic carbocycles. The first kappa shape index (κ1) is 22.2. The quantitative estimate of drug-likeness (QED) is 0.467. The Morgan fingerprint density at radius 2 is 1.72 bits per heavy atom. The number of oxime groups is 1. The Morgan fingerprint density at radius 3 is 2.38 bits per heavy atom. The molecule has 156 valence electrons. The third kappa shape index (κ3) is 6.18. The number of rotatable bonds is 10. The number of carbonyl (C=O) groups is 1. The molecule has 0 saturated heterocycles. The molecule has 2 rings (SSSR count). The Bertz CT molecular complexity index is 872. The van der Waals surface area contributed by atoms with Gasteiger partial charge >= 0.3 is 0 Å². The van der Waals surface area contributed by atoms with E-state index in [2.05, 4.69) is 10.5 Å². The van der Waals surface area contributed by atoms with E-state index in [9.17, 15) is 4.79 Å². The molecule has 0 aromatic heterocycles. The molecular formula is C20H23ClN2O6. The lowest BCUT2D eigenvalue weighted by Crippen LogP contribution is -2.26. The lowest BCUT2D eigenvalue weighted by molar-refractivity contribution is -0.125. The van der Waals surface area contributed by atoms with Crippen LogP contribution in [0.1, 0.15) is 11.1 Å². The van der Waals surface area contributed by atoms with E-state index < -0.39 is 0 Å². The summed E-state index contributed by atoms with van der Waals surface area (Å²) in [5.74, 6) is 1.79. The van der Waals surface area contributed by atoms with Crippen LogP contribution in [0.4, 0.5) is 0 Å². The Kier molecular flexibility index (Phi) is 8.42. The zero-order valence-corrected chi connectivity index (χ0v) is 17.4. The van der Waals surface area contributed by atoms with Crippen molar-refractivity contribution in [1.82, 2.24) is 5.32 Å². The van der Waals surface area contributed by atoms with Gasteiger partial charge in [-0.15, -0.1) is 0 Å². The average molecular weight is 423 g/mol. The minimum Gasteiger partial charge on any atom is -0.493 e. The van der Waals surface area contributed by atoms with Crippen molar-refractivity contribution in [2.45, 2.75) is 6.54 Å². The topological polar surface area (TPSA) is 87.6 Å². The van der Waals surface area contributed by atoms with Crippen molar-refractivity contribution in [2.75, 3.05) is 35.0 Å². The SMILES string of the molecule is COc1ccc(CNC(=O)CO/N=C/c2cc(Cl)c(OC)c(OC)c2)cc1OC. The number of hydrogen-bond donors (Lipinski definition) is 1. The molecule has 0 atom stereocenters. The van der Waals surface area contributed by atoms with E-state index in [1.54, 1.807) is 38.5 Å². The summed E-state index contributed by atoms with van der Waals surface area (Å²) < 4.78 is 20.8. The maximum Gasteiger partial charge on any atom is 0.261 e. The number of carbonyl (C=O) groups excluding carboxylic acids is 1. The van der Waals surface area contributed by atoms with E-state index in [1.807, 2.05) is 6.07 Å². The van der Waals surface area contributed by atoms with E-state index in [4.69, 9.17) is 35.4 Å². The van der Waals surface area contributed by atoms with E-state index >= 15 is 0 Å². The van der Waals surface area contributed by atoms with Crippen LogP contribution in [0.25, 0.3) is 0 Å². The van der Waals surface area contributed by atoms with Gasteiger partial charge in [0.2, 0.25) is 0 Å². The molecule has 9 heteroatoms. The van der Waals surface area contributed by atoms with Crippen LogP contribution in [0.2, 0.25) is 5.02 Å².